The van der Waals surface area contributed by atoms with E-state index >= 15 is 0 Å². The largest absolute Gasteiger partial charge is 0.465 e. The summed E-state index contributed by atoms with van der Waals surface area (Å²) < 4.78 is 0. The van der Waals surface area contributed by atoms with Gasteiger partial charge in [0, 0.05) is 13.0 Å². The molecule has 1 saturated carbocycles. The third-order valence-corrected chi connectivity index (χ3v) is 3.62. The summed E-state index contributed by atoms with van der Waals surface area (Å²) in [6.45, 7) is 0.213. The molecule has 21 heavy (non-hydrogen) atoms. The number of primary amides is 1. The molecular formula is C13H24N4O4. The van der Waals surface area contributed by atoms with Crippen LogP contribution in [0.4, 0.5) is 4.79 Å². The van der Waals surface area contributed by atoms with Gasteiger partial charge in [0.1, 0.15) is 6.04 Å². The average Bonchev–Trinajstić information content (AvgIpc) is 2.43. The van der Waals surface area contributed by atoms with Crippen LogP contribution in [0.5, 0.6) is 0 Å². The Balaban J connectivity index is 2.41. The van der Waals surface area contributed by atoms with Gasteiger partial charge in [0.2, 0.25) is 5.91 Å². The van der Waals surface area contributed by atoms with Crippen molar-refractivity contribution in [1.29, 1.82) is 0 Å². The van der Waals surface area contributed by atoms with E-state index in [1.165, 1.54) is 6.42 Å². The number of amides is 3. The van der Waals surface area contributed by atoms with Gasteiger partial charge >= 0.3 is 6.09 Å². The van der Waals surface area contributed by atoms with Crippen LogP contribution in [0, 0.1) is 5.92 Å². The molecule has 0 unspecified atom stereocenters. The van der Waals surface area contributed by atoms with E-state index in [2.05, 4.69) is 16.2 Å². The molecule has 1 aliphatic rings. The van der Waals surface area contributed by atoms with Gasteiger partial charge in [0.15, 0.2) is 0 Å². The minimum atomic E-state index is -1.22. The minimum absolute atomic E-state index is 0.0972. The molecular weight excluding hydrogens is 276 g/mol. The Morgan fingerprint density at radius 3 is 2.43 bits per heavy atom. The van der Waals surface area contributed by atoms with E-state index in [4.69, 9.17) is 10.8 Å². The van der Waals surface area contributed by atoms with Crippen molar-refractivity contribution >= 4 is 17.9 Å². The Morgan fingerprint density at radius 1 is 1.19 bits per heavy atom. The summed E-state index contributed by atoms with van der Waals surface area (Å²) in [6.07, 6.45) is 4.89. The number of hydrogen-bond acceptors (Lipinski definition) is 4. The topological polar surface area (TPSA) is 134 Å². The van der Waals surface area contributed by atoms with E-state index in [-0.39, 0.29) is 13.0 Å². The maximum absolute atomic E-state index is 12.0. The molecule has 6 N–H and O–H groups in total. The highest BCUT2D eigenvalue weighted by atomic mass is 16.4. The fourth-order valence-electron chi connectivity index (χ4n) is 2.56. The summed E-state index contributed by atoms with van der Waals surface area (Å²) in [5.74, 6) is -0.543. The van der Waals surface area contributed by atoms with Crippen molar-refractivity contribution in [3.8, 4) is 0 Å². The van der Waals surface area contributed by atoms with Crippen LogP contribution in [0.25, 0.3) is 0 Å². The van der Waals surface area contributed by atoms with Gasteiger partial charge in [-0.1, -0.05) is 32.1 Å². The Labute approximate surface area is 123 Å². The first-order valence-corrected chi connectivity index (χ1v) is 7.29. The van der Waals surface area contributed by atoms with Gasteiger partial charge in [-0.25, -0.2) is 10.2 Å². The Bertz CT molecular complexity index is 369. The van der Waals surface area contributed by atoms with Gasteiger partial charge in [-0.2, -0.15) is 0 Å². The summed E-state index contributed by atoms with van der Waals surface area (Å²) in [7, 11) is 0. The van der Waals surface area contributed by atoms with Gasteiger partial charge in [-0.3, -0.25) is 15.0 Å². The second kappa shape index (κ2) is 9.17. The number of rotatable bonds is 8. The van der Waals surface area contributed by atoms with Crippen molar-refractivity contribution in [2.45, 2.75) is 51.0 Å². The highest BCUT2D eigenvalue weighted by Crippen LogP contribution is 2.27. The van der Waals surface area contributed by atoms with Crippen LogP contribution in [0.3, 0.4) is 0 Å². The third kappa shape index (κ3) is 7.50. The van der Waals surface area contributed by atoms with Crippen LogP contribution >= 0.6 is 0 Å². The number of hydrazine groups is 1. The quantitative estimate of drug-likeness (QED) is 0.320. The minimum Gasteiger partial charge on any atom is -0.465 e. The molecule has 1 rings (SSSR count). The molecule has 1 fully saturated rings. The molecule has 0 radical (unpaired) electrons. The zero-order valence-electron chi connectivity index (χ0n) is 12.1. The van der Waals surface area contributed by atoms with Crippen LogP contribution < -0.4 is 21.9 Å². The summed E-state index contributed by atoms with van der Waals surface area (Å²) in [4.78, 5) is 33.3. The molecule has 3 amide bonds. The van der Waals surface area contributed by atoms with Crippen molar-refractivity contribution in [2.24, 2.45) is 11.7 Å². The molecule has 0 spiro atoms. The molecule has 0 saturated heterocycles. The van der Waals surface area contributed by atoms with Crippen molar-refractivity contribution < 1.29 is 19.5 Å². The number of hydrogen-bond donors (Lipinski definition) is 5. The van der Waals surface area contributed by atoms with E-state index < -0.39 is 23.9 Å². The van der Waals surface area contributed by atoms with Gasteiger partial charge in [-0.15, -0.1) is 0 Å². The average molecular weight is 300 g/mol. The lowest BCUT2D eigenvalue weighted by molar-refractivity contribution is -0.125. The summed E-state index contributed by atoms with van der Waals surface area (Å²) in [5.41, 5.74) is 9.96. The number of carboxylic acid groups (broad SMARTS) is 1. The van der Waals surface area contributed by atoms with Crippen LogP contribution in [0.2, 0.25) is 0 Å². The monoisotopic (exact) mass is 300 g/mol. The lowest BCUT2D eigenvalue weighted by Crippen LogP contribution is -2.51. The van der Waals surface area contributed by atoms with E-state index in [0.717, 1.165) is 25.7 Å². The van der Waals surface area contributed by atoms with Gasteiger partial charge in [0.25, 0.3) is 5.91 Å². The number of nitrogens with one attached hydrogen (secondary N) is 3. The van der Waals surface area contributed by atoms with Gasteiger partial charge < -0.3 is 16.2 Å². The first-order valence-electron chi connectivity index (χ1n) is 7.29. The number of carbonyl (C=O) groups excluding carboxylic acids is 2. The molecule has 0 heterocycles. The number of carbonyl (C=O) groups is 3. The van der Waals surface area contributed by atoms with Crippen molar-refractivity contribution in [2.75, 3.05) is 6.54 Å². The van der Waals surface area contributed by atoms with Crippen molar-refractivity contribution in [3.05, 3.63) is 0 Å². The highest BCUT2D eigenvalue weighted by Gasteiger charge is 2.25. The smallest absolute Gasteiger partial charge is 0.405 e. The zero-order valence-corrected chi connectivity index (χ0v) is 12.1. The maximum Gasteiger partial charge on any atom is 0.405 e. The van der Waals surface area contributed by atoms with E-state index in [0.29, 0.717) is 12.3 Å². The lowest BCUT2D eigenvalue weighted by Gasteiger charge is -2.26. The molecule has 0 aliphatic heterocycles. The van der Waals surface area contributed by atoms with Crippen molar-refractivity contribution in [3.63, 3.8) is 0 Å². The predicted octanol–water partition coefficient (Wildman–Crippen LogP) is 0.0892. The van der Waals surface area contributed by atoms with Crippen LogP contribution in [-0.2, 0) is 9.59 Å². The normalized spacial score (nSPS) is 17.0. The molecule has 0 aromatic heterocycles. The summed E-state index contributed by atoms with van der Waals surface area (Å²) in [5, 5.41) is 11.1. The Kier molecular flexibility index (Phi) is 7.52. The van der Waals surface area contributed by atoms with Crippen LogP contribution in [-0.4, -0.2) is 35.6 Å². The molecule has 0 bridgehead atoms. The van der Waals surface area contributed by atoms with Crippen molar-refractivity contribution in [1.82, 2.24) is 16.2 Å². The molecule has 1 atom stereocenters. The Hall–Kier alpha value is -1.83. The van der Waals surface area contributed by atoms with E-state index in [1.54, 1.807) is 0 Å². The SMILES string of the molecule is NC(=O)CCNNC(=O)[C@H](CC1CCCCC1)NC(=O)O. The number of nitrogens with two attached hydrogens (primary N) is 1. The summed E-state index contributed by atoms with van der Waals surface area (Å²) >= 11 is 0. The standard InChI is InChI=1S/C13H24N4O4/c14-11(18)6-7-15-17-12(19)10(16-13(20)21)8-9-4-2-1-3-5-9/h9-10,15-16H,1-8H2,(H2,14,18)(H,17,19)(H,20,21)/t10-/m0/s1. The molecule has 120 valence electrons. The summed E-state index contributed by atoms with van der Waals surface area (Å²) in [6, 6.07) is -0.785. The fourth-order valence-corrected chi connectivity index (χ4v) is 2.56. The molecule has 8 heteroatoms. The molecule has 8 nitrogen and oxygen atoms in total. The molecule has 0 aromatic carbocycles. The zero-order chi connectivity index (χ0) is 15.7. The van der Waals surface area contributed by atoms with Gasteiger partial charge in [-0.05, 0) is 12.3 Å². The van der Waals surface area contributed by atoms with Crippen LogP contribution in [0.15, 0.2) is 0 Å². The Morgan fingerprint density at radius 2 is 1.86 bits per heavy atom. The second-order valence-corrected chi connectivity index (χ2v) is 5.37. The maximum atomic E-state index is 12.0. The second-order valence-electron chi connectivity index (χ2n) is 5.37. The molecule has 0 aromatic rings. The lowest BCUT2D eigenvalue weighted by atomic mass is 9.84. The fraction of sp³-hybridized carbons (Fsp3) is 0.769. The first kappa shape index (κ1) is 17.2. The first-order chi connectivity index (χ1) is 9.99. The highest BCUT2D eigenvalue weighted by molar-refractivity contribution is 5.84. The van der Waals surface area contributed by atoms with Gasteiger partial charge in [0.05, 0.1) is 0 Å². The van der Waals surface area contributed by atoms with Crippen LogP contribution in [0.1, 0.15) is 44.9 Å². The van der Waals surface area contributed by atoms with E-state index in [9.17, 15) is 14.4 Å². The van der Waals surface area contributed by atoms with E-state index in [1.807, 2.05) is 0 Å². The molecule has 1 aliphatic carbocycles. The third-order valence-electron chi connectivity index (χ3n) is 3.62. The predicted molar refractivity (Wildman–Crippen MR) is 76.1 cm³/mol.